The van der Waals surface area contributed by atoms with Crippen LogP contribution >= 0.6 is 0 Å². The summed E-state index contributed by atoms with van der Waals surface area (Å²) < 4.78 is 43.3. The summed E-state index contributed by atoms with van der Waals surface area (Å²) in [4.78, 5) is 28.0. The summed E-state index contributed by atoms with van der Waals surface area (Å²) in [5.41, 5.74) is -2.16. The molecule has 0 aliphatic carbocycles. The van der Waals surface area contributed by atoms with Gasteiger partial charge in [-0.2, -0.15) is 13.2 Å². The van der Waals surface area contributed by atoms with Crippen LogP contribution in [-0.2, 0) is 11.0 Å². The number of nitrogens with one attached hydrogen (secondary N) is 2. The number of anilines is 1. The van der Waals surface area contributed by atoms with Gasteiger partial charge in [0.05, 0.1) is 0 Å². The number of hydrogen-bond acceptors (Lipinski definition) is 6. The van der Waals surface area contributed by atoms with Crippen LogP contribution in [-0.4, -0.2) is 45.1 Å². The molecule has 2 aromatic heterocycles. The third-order valence-electron chi connectivity index (χ3n) is 5.01. The van der Waals surface area contributed by atoms with Gasteiger partial charge >= 0.3 is 12.2 Å². The van der Waals surface area contributed by atoms with Crippen LogP contribution in [0.3, 0.4) is 0 Å². The Hall–Kier alpha value is -2.85. The largest absolute Gasteiger partial charge is 0.431 e. The molecule has 2 aromatic rings. The van der Waals surface area contributed by atoms with E-state index >= 15 is 0 Å². The van der Waals surface area contributed by atoms with E-state index in [0.717, 1.165) is 25.0 Å². The van der Waals surface area contributed by atoms with Gasteiger partial charge in [0, 0.05) is 13.1 Å². The van der Waals surface area contributed by atoms with E-state index in [-0.39, 0.29) is 28.8 Å². The SMILES string of the molecule is C[C@@H](Nc1nnc(-c2ccc(C(F)(F)F)[nH]c2=O)o1)C(=O)N1CCC(C)(C)CC1. The molecular formula is C18H22F3N5O3. The monoisotopic (exact) mass is 413 g/mol. The highest BCUT2D eigenvalue weighted by atomic mass is 19.4. The molecule has 0 radical (unpaired) electrons. The van der Waals surface area contributed by atoms with Crippen molar-refractivity contribution in [1.82, 2.24) is 20.1 Å². The molecule has 8 nitrogen and oxygen atoms in total. The minimum Gasteiger partial charge on any atom is -0.403 e. The summed E-state index contributed by atoms with van der Waals surface area (Å²) in [6, 6.07) is 0.939. The van der Waals surface area contributed by atoms with Crippen molar-refractivity contribution in [1.29, 1.82) is 0 Å². The first-order valence-electron chi connectivity index (χ1n) is 9.16. The van der Waals surface area contributed by atoms with Gasteiger partial charge in [0.25, 0.3) is 11.4 Å². The van der Waals surface area contributed by atoms with Crippen LogP contribution in [0, 0.1) is 5.41 Å². The summed E-state index contributed by atoms with van der Waals surface area (Å²) in [7, 11) is 0. The molecule has 0 unspecified atom stereocenters. The predicted molar refractivity (Wildman–Crippen MR) is 98.0 cm³/mol. The molecule has 2 N–H and O–H groups in total. The zero-order valence-electron chi connectivity index (χ0n) is 16.3. The second-order valence-corrected chi connectivity index (χ2v) is 7.88. The van der Waals surface area contributed by atoms with Gasteiger partial charge in [-0.15, -0.1) is 5.10 Å². The molecule has 3 rings (SSSR count). The maximum atomic E-state index is 12.7. The number of nitrogens with zero attached hydrogens (tertiary/aromatic N) is 3. The second-order valence-electron chi connectivity index (χ2n) is 7.88. The van der Waals surface area contributed by atoms with Gasteiger partial charge in [-0.05, 0) is 37.3 Å². The normalized spacial score (nSPS) is 17.8. The van der Waals surface area contributed by atoms with Gasteiger partial charge in [0.1, 0.15) is 17.3 Å². The van der Waals surface area contributed by atoms with Gasteiger partial charge in [-0.25, -0.2) is 0 Å². The van der Waals surface area contributed by atoms with Crippen molar-refractivity contribution >= 4 is 11.9 Å². The lowest BCUT2D eigenvalue weighted by molar-refractivity contribution is -0.141. The number of piperidine rings is 1. The molecule has 11 heteroatoms. The fraction of sp³-hybridized carbons (Fsp3) is 0.556. The fourth-order valence-corrected chi connectivity index (χ4v) is 3.05. The minimum absolute atomic E-state index is 0.0995. The number of aromatic amines is 1. The average molecular weight is 413 g/mol. The quantitative estimate of drug-likeness (QED) is 0.799. The molecule has 3 heterocycles. The Morgan fingerprint density at radius 1 is 1.28 bits per heavy atom. The fourth-order valence-electron chi connectivity index (χ4n) is 3.05. The molecule has 1 atom stereocenters. The topological polar surface area (TPSA) is 104 Å². The van der Waals surface area contributed by atoms with E-state index in [1.54, 1.807) is 16.8 Å². The van der Waals surface area contributed by atoms with Crippen molar-refractivity contribution in [2.75, 3.05) is 18.4 Å². The summed E-state index contributed by atoms with van der Waals surface area (Å²) in [5.74, 6) is -0.366. The smallest absolute Gasteiger partial charge is 0.403 e. The molecule has 1 fully saturated rings. The molecule has 0 aromatic carbocycles. The lowest BCUT2D eigenvalue weighted by atomic mass is 9.82. The Kier molecular flexibility index (Phi) is 5.42. The van der Waals surface area contributed by atoms with Crippen LogP contribution in [0.15, 0.2) is 21.3 Å². The first-order chi connectivity index (χ1) is 13.5. The molecule has 29 heavy (non-hydrogen) atoms. The van der Waals surface area contributed by atoms with E-state index in [9.17, 15) is 22.8 Å². The number of pyridine rings is 1. The van der Waals surface area contributed by atoms with Crippen molar-refractivity contribution in [2.24, 2.45) is 5.41 Å². The van der Waals surface area contributed by atoms with Crippen molar-refractivity contribution in [2.45, 2.75) is 45.8 Å². The molecule has 1 aliphatic rings. The highest BCUT2D eigenvalue weighted by Gasteiger charge is 2.33. The van der Waals surface area contributed by atoms with E-state index in [4.69, 9.17) is 4.42 Å². The molecule has 0 bridgehead atoms. The minimum atomic E-state index is -4.67. The number of H-pyrrole nitrogens is 1. The Labute approximate surface area is 164 Å². The second kappa shape index (κ2) is 7.53. The Balaban J connectivity index is 1.67. The van der Waals surface area contributed by atoms with Crippen LogP contribution < -0.4 is 10.9 Å². The molecule has 158 valence electrons. The summed E-state index contributed by atoms with van der Waals surface area (Å²) >= 11 is 0. The number of carbonyl (C=O) groups is 1. The average Bonchev–Trinajstić information content (AvgIpc) is 3.08. The molecule has 1 saturated heterocycles. The molecule has 1 amide bonds. The van der Waals surface area contributed by atoms with Gasteiger partial charge in [0.2, 0.25) is 5.91 Å². The maximum absolute atomic E-state index is 12.7. The van der Waals surface area contributed by atoms with E-state index in [0.29, 0.717) is 13.1 Å². The number of hydrogen-bond donors (Lipinski definition) is 2. The third kappa shape index (κ3) is 4.77. The van der Waals surface area contributed by atoms with Crippen molar-refractivity contribution in [3.8, 4) is 11.5 Å². The van der Waals surface area contributed by atoms with Crippen LogP contribution in [0.5, 0.6) is 0 Å². The van der Waals surface area contributed by atoms with Crippen molar-refractivity contribution < 1.29 is 22.4 Å². The first-order valence-corrected chi connectivity index (χ1v) is 9.16. The zero-order valence-corrected chi connectivity index (χ0v) is 16.3. The van der Waals surface area contributed by atoms with E-state index < -0.39 is 23.5 Å². The summed E-state index contributed by atoms with van der Waals surface area (Å²) in [5, 5.41) is 10.2. The van der Waals surface area contributed by atoms with Crippen molar-refractivity contribution in [3.63, 3.8) is 0 Å². The third-order valence-corrected chi connectivity index (χ3v) is 5.01. The number of rotatable bonds is 4. The van der Waals surface area contributed by atoms with Gasteiger partial charge < -0.3 is 19.6 Å². The standard InChI is InChI=1S/C18H22F3N5O3/c1-10(15(28)26-8-6-17(2,3)7-9-26)22-16-25-24-14(29-16)11-4-5-12(18(19,20)21)23-13(11)27/h4-5,10H,6-9H2,1-3H3,(H,22,25)(H,23,27)/t10-/m1/s1. The van der Waals surface area contributed by atoms with E-state index in [1.807, 2.05) is 0 Å². The van der Waals surface area contributed by atoms with Crippen LogP contribution in [0.25, 0.3) is 11.5 Å². The van der Waals surface area contributed by atoms with E-state index in [1.165, 1.54) is 0 Å². The number of alkyl halides is 3. The first kappa shape index (κ1) is 20.9. The molecular weight excluding hydrogens is 391 g/mol. The van der Waals surface area contributed by atoms with Crippen LogP contribution in [0.2, 0.25) is 0 Å². The van der Waals surface area contributed by atoms with Crippen LogP contribution in [0.1, 0.15) is 39.3 Å². The lowest BCUT2D eigenvalue weighted by Crippen LogP contribution is -2.46. The maximum Gasteiger partial charge on any atom is 0.431 e. The Bertz CT molecular complexity index is 941. The summed E-state index contributed by atoms with van der Waals surface area (Å²) in [6.45, 7) is 7.30. The van der Waals surface area contributed by atoms with Crippen LogP contribution in [0.4, 0.5) is 19.2 Å². The Morgan fingerprint density at radius 3 is 2.52 bits per heavy atom. The van der Waals surface area contributed by atoms with Gasteiger partial charge in [-0.1, -0.05) is 18.9 Å². The molecule has 0 spiro atoms. The molecule has 1 aliphatic heterocycles. The number of aromatic nitrogens is 3. The summed E-state index contributed by atoms with van der Waals surface area (Å²) in [6.07, 6.45) is -2.85. The number of halogens is 3. The Morgan fingerprint density at radius 2 is 1.93 bits per heavy atom. The van der Waals surface area contributed by atoms with Gasteiger partial charge in [-0.3, -0.25) is 9.59 Å². The zero-order chi connectivity index (χ0) is 21.4. The highest BCUT2D eigenvalue weighted by Crippen LogP contribution is 2.30. The number of likely N-dealkylation sites (tertiary alicyclic amines) is 1. The van der Waals surface area contributed by atoms with Crippen molar-refractivity contribution in [3.05, 3.63) is 28.2 Å². The number of amides is 1. The van der Waals surface area contributed by atoms with Gasteiger partial charge in [0.15, 0.2) is 0 Å². The molecule has 0 saturated carbocycles. The highest BCUT2D eigenvalue weighted by molar-refractivity contribution is 5.83. The number of carbonyl (C=O) groups excluding carboxylic acids is 1. The lowest BCUT2D eigenvalue weighted by Gasteiger charge is -2.37. The predicted octanol–water partition coefficient (Wildman–Crippen LogP) is 2.89. The van der Waals surface area contributed by atoms with E-state index in [2.05, 4.69) is 29.4 Å².